The molecule has 0 aromatic rings. The Morgan fingerprint density at radius 1 is 1.34 bits per heavy atom. The number of esters is 1. The van der Waals surface area contributed by atoms with Gasteiger partial charge in [-0.15, -0.1) is 0 Å². The maximum absolute atomic E-state index is 12.8. The van der Waals surface area contributed by atoms with Crippen LogP contribution in [0.3, 0.4) is 0 Å². The van der Waals surface area contributed by atoms with Crippen molar-refractivity contribution in [3.05, 3.63) is 23.8 Å². The number of carbonyl (C=O) groups is 1. The molecule has 0 bridgehead atoms. The Morgan fingerprint density at radius 3 is 2.44 bits per heavy atom. The van der Waals surface area contributed by atoms with E-state index in [1.54, 1.807) is 0 Å². The Kier molecular flexibility index (Phi) is 6.25. The molecule has 0 radical (unpaired) electrons. The fourth-order valence-electron chi connectivity index (χ4n) is 6.30. The summed E-state index contributed by atoms with van der Waals surface area (Å²) in [6.07, 6.45) is 2.67. The molecule has 182 valence electrons. The van der Waals surface area contributed by atoms with Crippen LogP contribution in [0.2, 0.25) is 18.1 Å². The first-order valence-corrected chi connectivity index (χ1v) is 15.0. The molecule has 6 heteroatoms. The molecule has 0 amide bonds. The van der Waals surface area contributed by atoms with Crippen molar-refractivity contribution in [1.29, 1.82) is 0 Å². The Morgan fingerprint density at radius 2 is 1.94 bits per heavy atom. The highest BCUT2D eigenvalue weighted by atomic mass is 28.4. The van der Waals surface area contributed by atoms with Crippen LogP contribution in [0.5, 0.6) is 0 Å². The molecule has 0 unspecified atom stereocenters. The quantitative estimate of drug-likeness (QED) is 0.340. The van der Waals surface area contributed by atoms with Crippen LogP contribution in [0, 0.1) is 22.7 Å². The molecule has 2 aliphatic carbocycles. The molecule has 1 heterocycles. The molecule has 0 aromatic carbocycles. The number of aliphatic hydroxyl groups excluding tert-OH is 2. The fraction of sp³-hybridized carbons (Fsp3) is 0.808. The summed E-state index contributed by atoms with van der Waals surface area (Å²) in [6, 6.07) is 0. The zero-order chi connectivity index (χ0) is 24.5. The predicted octanol–water partition coefficient (Wildman–Crippen LogP) is 4.99. The maximum atomic E-state index is 12.8. The molecule has 3 aliphatic rings. The van der Waals surface area contributed by atoms with Crippen molar-refractivity contribution < 1.29 is 24.2 Å². The third-order valence-corrected chi connectivity index (χ3v) is 13.9. The lowest BCUT2D eigenvalue weighted by Crippen LogP contribution is -2.56. The molecule has 1 saturated heterocycles. The summed E-state index contributed by atoms with van der Waals surface area (Å²) in [5, 5.41) is 21.4. The van der Waals surface area contributed by atoms with E-state index in [0.29, 0.717) is 24.3 Å². The van der Waals surface area contributed by atoms with E-state index in [4.69, 9.17) is 9.16 Å². The van der Waals surface area contributed by atoms with Crippen LogP contribution in [0.25, 0.3) is 0 Å². The SMILES string of the molecule is C=C(CO)[C@@]12C=C3[C@H](O)C[C@H](C(C)C)[C@@]3(C)C[C@@H](O[Si](C)(C)C(C)(C)C)[C@]1(C)CC(=O)O2. The van der Waals surface area contributed by atoms with Gasteiger partial charge < -0.3 is 19.4 Å². The molecule has 0 spiro atoms. The second kappa shape index (κ2) is 7.79. The Labute approximate surface area is 195 Å². The molecule has 6 atom stereocenters. The highest BCUT2D eigenvalue weighted by Crippen LogP contribution is 2.64. The number of aliphatic hydroxyl groups is 2. The van der Waals surface area contributed by atoms with Crippen LogP contribution >= 0.6 is 0 Å². The van der Waals surface area contributed by atoms with Gasteiger partial charge in [0.15, 0.2) is 13.9 Å². The van der Waals surface area contributed by atoms with Crippen molar-refractivity contribution in [3.8, 4) is 0 Å². The summed E-state index contributed by atoms with van der Waals surface area (Å²) in [5.74, 6) is 0.366. The van der Waals surface area contributed by atoms with Gasteiger partial charge >= 0.3 is 5.97 Å². The van der Waals surface area contributed by atoms with E-state index in [1.807, 2.05) is 6.08 Å². The van der Waals surface area contributed by atoms with Crippen molar-refractivity contribution in [2.45, 2.75) is 104 Å². The standard InChI is InChI=1S/C26H44O5Si/c1-16(2)18-11-20(28)19-12-26(17(3)15-27)25(8,14-22(29)30-26)21(13-24(18,19)7)31-32(9,10)23(4,5)6/h12,16,18,20-21,27-28H,3,11,13-15H2,1-2,4-10H3/t18-,20-,21-,24-,25+,26+/m1/s1. The second-order valence-corrected chi connectivity index (χ2v) is 17.5. The van der Waals surface area contributed by atoms with Gasteiger partial charge in [0.05, 0.1) is 30.7 Å². The topological polar surface area (TPSA) is 76.0 Å². The van der Waals surface area contributed by atoms with Crippen molar-refractivity contribution >= 4 is 14.3 Å². The highest BCUT2D eigenvalue weighted by molar-refractivity contribution is 6.74. The summed E-state index contributed by atoms with van der Waals surface area (Å²) < 4.78 is 13.2. The first-order chi connectivity index (χ1) is 14.4. The van der Waals surface area contributed by atoms with E-state index in [2.05, 4.69) is 68.1 Å². The third kappa shape index (κ3) is 3.57. The molecule has 3 rings (SSSR count). The van der Waals surface area contributed by atoms with Gasteiger partial charge in [0.25, 0.3) is 0 Å². The zero-order valence-electron chi connectivity index (χ0n) is 21.5. The Hall–Kier alpha value is -0.953. The molecular formula is C26H44O5Si. The summed E-state index contributed by atoms with van der Waals surface area (Å²) in [6.45, 7) is 23.7. The van der Waals surface area contributed by atoms with E-state index < -0.39 is 25.4 Å². The predicted molar refractivity (Wildman–Crippen MR) is 130 cm³/mol. The smallest absolute Gasteiger partial charge is 0.307 e. The minimum absolute atomic E-state index is 0.000412. The van der Waals surface area contributed by atoms with Gasteiger partial charge in [-0.05, 0) is 65.4 Å². The molecule has 32 heavy (non-hydrogen) atoms. The largest absolute Gasteiger partial charge is 0.449 e. The van der Waals surface area contributed by atoms with Gasteiger partial charge in [0, 0.05) is 0 Å². The average Bonchev–Trinajstić information content (AvgIpc) is 3.02. The summed E-state index contributed by atoms with van der Waals surface area (Å²) in [4.78, 5) is 12.8. The van der Waals surface area contributed by atoms with Gasteiger partial charge in [-0.3, -0.25) is 4.79 Å². The van der Waals surface area contributed by atoms with E-state index >= 15 is 0 Å². The zero-order valence-corrected chi connectivity index (χ0v) is 22.5. The van der Waals surface area contributed by atoms with Crippen LogP contribution in [-0.2, 0) is 14.0 Å². The van der Waals surface area contributed by atoms with Crippen LogP contribution in [0.4, 0.5) is 0 Å². The van der Waals surface area contributed by atoms with Gasteiger partial charge in [0.2, 0.25) is 0 Å². The number of rotatable bonds is 5. The normalized spacial score (nSPS) is 39.9. The summed E-state index contributed by atoms with van der Waals surface area (Å²) in [7, 11) is -2.21. The first kappa shape index (κ1) is 25.7. The van der Waals surface area contributed by atoms with Crippen LogP contribution in [0.15, 0.2) is 23.8 Å². The molecule has 2 N–H and O–H groups in total. The highest BCUT2D eigenvalue weighted by Gasteiger charge is 2.67. The van der Waals surface area contributed by atoms with Crippen molar-refractivity contribution in [3.63, 3.8) is 0 Å². The van der Waals surface area contributed by atoms with Crippen molar-refractivity contribution in [2.24, 2.45) is 22.7 Å². The minimum Gasteiger partial charge on any atom is -0.449 e. The summed E-state index contributed by atoms with van der Waals surface area (Å²) >= 11 is 0. The number of ether oxygens (including phenoxy) is 1. The van der Waals surface area contributed by atoms with Crippen molar-refractivity contribution in [1.82, 2.24) is 0 Å². The molecule has 2 fully saturated rings. The average molecular weight is 465 g/mol. The van der Waals surface area contributed by atoms with E-state index in [9.17, 15) is 15.0 Å². The molecule has 0 aromatic heterocycles. The third-order valence-electron chi connectivity index (χ3n) is 9.39. The van der Waals surface area contributed by atoms with E-state index in [-0.39, 0.29) is 41.5 Å². The second-order valence-electron chi connectivity index (χ2n) is 12.8. The Bertz CT molecular complexity index is 825. The van der Waals surface area contributed by atoms with Crippen molar-refractivity contribution in [2.75, 3.05) is 6.61 Å². The van der Waals surface area contributed by atoms with Gasteiger partial charge in [0.1, 0.15) is 0 Å². The van der Waals surface area contributed by atoms with Crippen LogP contribution in [0.1, 0.15) is 67.7 Å². The van der Waals surface area contributed by atoms with E-state index in [0.717, 1.165) is 5.57 Å². The summed E-state index contributed by atoms with van der Waals surface area (Å²) in [5.41, 5.74) is -0.838. The van der Waals surface area contributed by atoms with Crippen LogP contribution in [-0.4, -0.2) is 48.9 Å². The molecule has 1 saturated carbocycles. The molecule has 1 aliphatic heterocycles. The maximum Gasteiger partial charge on any atom is 0.307 e. The lowest BCUT2D eigenvalue weighted by atomic mass is 9.64. The minimum atomic E-state index is -2.21. The first-order valence-electron chi connectivity index (χ1n) is 12.1. The van der Waals surface area contributed by atoms with Gasteiger partial charge in [-0.1, -0.05) is 55.0 Å². The number of fused-ring (bicyclic) bond motifs is 2. The van der Waals surface area contributed by atoms with Crippen LogP contribution < -0.4 is 0 Å². The lowest BCUT2D eigenvalue weighted by molar-refractivity contribution is -0.145. The van der Waals surface area contributed by atoms with Gasteiger partial charge in [-0.25, -0.2) is 0 Å². The fourth-order valence-corrected chi connectivity index (χ4v) is 7.71. The van der Waals surface area contributed by atoms with Gasteiger partial charge in [-0.2, -0.15) is 0 Å². The van der Waals surface area contributed by atoms with E-state index in [1.165, 1.54) is 0 Å². The molecule has 5 nitrogen and oxygen atoms in total. The number of hydrogen-bond donors (Lipinski definition) is 2. The Balaban J connectivity index is 2.28. The molecular weight excluding hydrogens is 420 g/mol. The monoisotopic (exact) mass is 464 g/mol. The number of hydrogen-bond acceptors (Lipinski definition) is 5. The number of carbonyl (C=O) groups excluding carboxylic acids is 1. The lowest BCUT2D eigenvalue weighted by Gasteiger charge is -2.49.